The quantitative estimate of drug-likeness (QED) is 0.726. The summed E-state index contributed by atoms with van der Waals surface area (Å²) in [7, 11) is 0. The molecule has 100 valence electrons. The Kier molecular flexibility index (Phi) is 4.75. The number of aliphatic imine (C=N–C) groups is 1. The average Bonchev–Trinajstić information content (AvgIpc) is 2.92. The van der Waals surface area contributed by atoms with Crippen molar-refractivity contribution >= 4 is 12.1 Å². The van der Waals surface area contributed by atoms with Gasteiger partial charge in [-0.1, -0.05) is 0 Å². The van der Waals surface area contributed by atoms with Crippen molar-refractivity contribution < 1.29 is 4.79 Å². The molecule has 2 aliphatic rings. The van der Waals surface area contributed by atoms with Crippen molar-refractivity contribution in [3.05, 3.63) is 11.8 Å². The van der Waals surface area contributed by atoms with Crippen LogP contribution in [-0.2, 0) is 4.79 Å². The number of nitrogens with zero attached hydrogens (tertiary/aromatic N) is 3. The van der Waals surface area contributed by atoms with Crippen LogP contribution in [0.2, 0.25) is 0 Å². The molecule has 2 N–H and O–H groups in total. The van der Waals surface area contributed by atoms with Crippen LogP contribution < -0.4 is 5.73 Å². The van der Waals surface area contributed by atoms with E-state index >= 15 is 0 Å². The average molecular weight is 250 g/mol. The molecule has 0 aliphatic carbocycles. The number of hydrogen-bond acceptors (Lipinski definition) is 4. The van der Waals surface area contributed by atoms with Gasteiger partial charge in [-0.25, -0.2) is 0 Å². The lowest BCUT2D eigenvalue weighted by molar-refractivity contribution is -0.117. The van der Waals surface area contributed by atoms with Gasteiger partial charge in [-0.2, -0.15) is 0 Å². The highest BCUT2D eigenvalue weighted by Crippen LogP contribution is 2.12. The highest BCUT2D eigenvalue weighted by Gasteiger charge is 2.18. The largest absolute Gasteiger partial charge is 0.404 e. The molecular formula is C13H22N4O. The number of amides is 1. The number of carbonyl (C=O) groups excluding carboxylic acids is 1. The van der Waals surface area contributed by atoms with Gasteiger partial charge in [-0.15, -0.1) is 0 Å². The summed E-state index contributed by atoms with van der Waals surface area (Å²) in [5.41, 5.74) is 7.68. The van der Waals surface area contributed by atoms with Gasteiger partial charge in [-0.05, 0) is 25.9 Å². The van der Waals surface area contributed by atoms with Gasteiger partial charge in [0.15, 0.2) is 0 Å². The SMILES string of the molecule is NC=C1CN(C=O)CCC1=NCCN1CCCC1. The Morgan fingerprint density at radius 3 is 2.72 bits per heavy atom. The second kappa shape index (κ2) is 6.54. The summed E-state index contributed by atoms with van der Waals surface area (Å²) in [6, 6.07) is 0. The number of nitrogens with two attached hydrogens (primary N) is 1. The van der Waals surface area contributed by atoms with E-state index in [0.29, 0.717) is 6.54 Å². The van der Waals surface area contributed by atoms with Gasteiger partial charge >= 0.3 is 0 Å². The van der Waals surface area contributed by atoms with E-state index in [1.165, 1.54) is 25.9 Å². The Hall–Kier alpha value is -1.36. The molecule has 2 rings (SSSR count). The van der Waals surface area contributed by atoms with E-state index in [-0.39, 0.29) is 0 Å². The van der Waals surface area contributed by atoms with Gasteiger partial charge in [0.1, 0.15) is 0 Å². The minimum absolute atomic E-state index is 0.600. The standard InChI is InChI=1S/C13H22N4O/c14-9-12-10-17(11-18)7-3-13(12)15-4-8-16-5-1-2-6-16/h9,11H,1-8,10,14H2. The lowest BCUT2D eigenvalue weighted by Gasteiger charge is -2.26. The minimum Gasteiger partial charge on any atom is -0.404 e. The van der Waals surface area contributed by atoms with Crippen molar-refractivity contribution in [3.8, 4) is 0 Å². The number of hydrogen-bond donors (Lipinski definition) is 1. The minimum atomic E-state index is 0.600. The summed E-state index contributed by atoms with van der Waals surface area (Å²) in [4.78, 5) is 19.6. The van der Waals surface area contributed by atoms with Crippen LogP contribution in [0.15, 0.2) is 16.8 Å². The third-order valence-electron chi connectivity index (χ3n) is 3.65. The Morgan fingerprint density at radius 1 is 1.28 bits per heavy atom. The monoisotopic (exact) mass is 250 g/mol. The zero-order valence-electron chi connectivity index (χ0n) is 10.8. The summed E-state index contributed by atoms with van der Waals surface area (Å²) in [6.07, 6.45) is 5.92. The molecule has 5 nitrogen and oxygen atoms in total. The fraction of sp³-hybridized carbons (Fsp3) is 0.692. The third kappa shape index (κ3) is 3.32. The van der Waals surface area contributed by atoms with E-state index in [0.717, 1.165) is 43.7 Å². The normalized spacial score (nSPS) is 26.1. The van der Waals surface area contributed by atoms with Crippen LogP contribution in [0.4, 0.5) is 0 Å². The smallest absolute Gasteiger partial charge is 0.210 e. The van der Waals surface area contributed by atoms with Gasteiger partial charge in [-0.3, -0.25) is 9.79 Å². The van der Waals surface area contributed by atoms with Crippen molar-refractivity contribution in [2.75, 3.05) is 39.3 Å². The number of piperidine rings is 1. The molecule has 0 aromatic rings. The molecule has 2 aliphatic heterocycles. The van der Waals surface area contributed by atoms with Crippen molar-refractivity contribution in [2.45, 2.75) is 19.3 Å². The molecule has 1 amide bonds. The molecule has 0 aromatic carbocycles. The van der Waals surface area contributed by atoms with Crippen LogP contribution in [-0.4, -0.2) is 61.2 Å². The lowest BCUT2D eigenvalue weighted by atomic mass is 10.0. The van der Waals surface area contributed by atoms with Crippen molar-refractivity contribution in [2.24, 2.45) is 10.7 Å². The van der Waals surface area contributed by atoms with Gasteiger partial charge in [0, 0.05) is 43.5 Å². The molecule has 2 saturated heterocycles. The van der Waals surface area contributed by atoms with Crippen LogP contribution in [0.5, 0.6) is 0 Å². The molecule has 0 unspecified atom stereocenters. The van der Waals surface area contributed by atoms with Crippen molar-refractivity contribution in [1.29, 1.82) is 0 Å². The topological polar surface area (TPSA) is 61.9 Å². The second-order valence-corrected chi connectivity index (χ2v) is 4.89. The first-order chi connectivity index (χ1) is 8.83. The lowest BCUT2D eigenvalue weighted by Crippen LogP contribution is -2.35. The molecule has 5 heteroatoms. The van der Waals surface area contributed by atoms with Gasteiger partial charge in [0.05, 0.1) is 6.54 Å². The Labute approximate surface area is 108 Å². The molecule has 2 heterocycles. The maximum Gasteiger partial charge on any atom is 0.210 e. The zero-order chi connectivity index (χ0) is 12.8. The van der Waals surface area contributed by atoms with Crippen LogP contribution in [0, 0.1) is 0 Å². The van der Waals surface area contributed by atoms with Gasteiger partial charge < -0.3 is 15.5 Å². The number of carbonyl (C=O) groups is 1. The van der Waals surface area contributed by atoms with Crippen molar-refractivity contribution in [3.63, 3.8) is 0 Å². The second-order valence-electron chi connectivity index (χ2n) is 4.89. The maximum atomic E-state index is 10.7. The fourth-order valence-electron chi connectivity index (χ4n) is 2.55. The summed E-state index contributed by atoms with van der Waals surface area (Å²) < 4.78 is 0. The zero-order valence-corrected chi connectivity index (χ0v) is 10.8. The number of rotatable bonds is 4. The van der Waals surface area contributed by atoms with Gasteiger partial charge in [0.25, 0.3) is 0 Å². The summed E-state index contributed by atoms with van der Waals surface area (Å²) >= 11 is 0. The van der Waals surface area contributed by atoms with Gasteiger partial charge in [0.2, 0.25) is 6.41 Å². The Bertz CT molecular complexity index is 345. The summed E-state index contributed by atoms with van der Waals surface area (Å²) in [5.74, 6) is 0. The first kappa shape index (κ1) is 13.1. The molecule has 0 aromatic heterocycles. The van der Waals surface area contributed by atoms with E-state index < -0.39 is 0 Å². The van der Waals surface area contributed by atoms with E-state index in [4.69, 9.17) is 5.73 Å². The van der Waals surface area contributed by atoms with Crippen LogP contribution in [0.3, 0.4) is 0 Å². The van der Waals surface area contributed by atoms with Crippen LogP contribution >= 0.6 is 0 Å². The van der Waals surface area contributed by atoms with Crippen LogP contribution in [0.1, 0.15) is 19.3 Å². The molecule has 2 fully saturated rings. The van der Waals surface area contributed by atoms with E-state index in [1.54, 1.807) is 11.1 Å². The first-order valence-corrected chi connectivity index (χ1v) is 6.69. The number of likely N-dealkylation sites (tertiary alicyclic amines) is 2. The van der Waals surface area contributed by atoms with E-state index in [9.17, 15) is 4.79 Å². The highest BCUT2D eigenvalue weighted by molar-refractivity contribution is 6.01. The van der Waals surface area contributed by atoms with E-state index in [2.05, 4.69) is 9.89 Å². The molecule has 0 bridgehead atoms. The molecule has 18 heavy (non-hydrogen) atoms. The summed E-state index contributed by atoms with van der Waals surface area (Å²) in [5, 5.41) is 0. The predicted molar refractivity (Wildman–Crippen MR) is 72.5 cm³/mol. The molecule has 0 saturated carbocycles. The van der Waals surface area contributed by atoms with Crippen LogP contribution in [0.25, 0.3) is 0 Å². The fourth-order valence-corrected chi connectivity index (χ4v) is 2.55. The molecular weight excluding hydrogens is 228 g/mol. The molecule has 0 radical (unpaired) electrons. The maximum absolute atomic E-state index is 10.7. The van der Waals surface area contributed by atoms with Crippen molar-refractivity contribution in [1.82, 2.24) is 9.80 Å². The Balaban J connectivity index is 1.84. The van der Waals surface area contributed by atoms with E-state index in [1.807, 2.05) is 0 Å². The highest BCUT2D eigenvalue weighted by atomic mass is 16.1. The predicted octanol–water partition coefficient (Wildman–Crippen LogP) is 0.228. The Morgan fingerprint density at radius 2 is 2.06 bits per heavy atom. The first-order valence-electron chi connectivity index (χ1n) is 6.69. The molecule has 0 spiro atoms. The summed E-state index contributed by atoms with van der Waals surface area (Å²) in [6.45, 7) is 5.66. The third-order valence-corrected chi connectivity index (χ3v) is 3.65. The molecule has 0 atom stereocenters.